The average molecular weight is 541 g/mol. The van der Waals surface area contributed by atoms with Crippen LogP contribution in [-0.4, -0.2) is 77.2 Å². The first-order valence-corrected chi connectivity index (χ1v) is 13.8. The van der Waals surface area contributed by atoms with Gasteiger partial charge >= 0.3 is 6.01 Å². The minimum absolute atomic E-state index is 0.324. The Labute approximate surface area is 233 Å². The molecule has 0 unspecified atom stereocenters. The Morgan fingerprint density at radius 1 is 1.12 bits per heavy atom. The molecular weight excluding hydrogens is 507 g/mol. The summed E-state index contributed by atoms with van der Waals surface area (Å²) >= 11 is 0. The molecule has 0 aliphatic carbocycles. The first-order valence-electron chi connectivity index (χ1n) is 13.8. The molecule has 0 bridgehead atoms. The van der Waals surface area contributed by atoms with Crippen molar-refractivity contribution in [2.45, 2.75) is 19.4 Å². The van der Waals surface area contributed by atoms with Crippen molar-refractivity contribution < 1.29 is 13.9 Å². The molecule has 4 heterocycles. The SMILES string of the molecule is [C-]#[N+]c1ccc(-c2nc(OC[C@@H]3CCCN(C)C3)n3ccnc3c2-c2ccc(CN3CCOCC3)cc2F)cc1. The third kappa shape index (κ3) is 5.56. The number of fused-ring (bicyclic) bond motifs is 1. The van der Waals surface area contributed by atoms with E-state index in [4.69, 9.17) is 21.0 Å². The van der Waals surface area contributed by atoms with Crippen LogP contribution in [0.15, 0.2) is 54.9 Å². The lowest BCUT2D eigenvalue weighted by atomic mass is 9.98. The third-order valence-corrected chi connectivity index (χ3v) is 7.77. The number of aromatic nitrogens is 3. The minimum Gasteiger partial charge on any atom is -0.464 e. The van der Waals surface area contributed by atoms with Gasteiger partial charge in [-0.3, -0.25) is 9.30 Å². The van der Waals surface area contributed by atoms with Crippen LogP contribution in [-0.2, 0) is 11.3 Å². The number of halogens is 1. The lowest BCUT2D eigenvalue weighted by Crippen LogP contribution is -2.35. The number of rotatable bonds is 7. The van der Waals surface area contributed by atoms with E-state index in [0.29, 0.717) is 66.4 Å². The number of ether oxygens (including phenoxy) is 2. The molecule has 206 valence electrons. The van der Waals surface area contributed by atoms with E-state index in [0.717, 1.165) is 50.1 Å². The number of imidazole rings is 1. The van der Waals surface area contributed by atoms with Gasteiger partial charge < -0.3 is 14.4 Å². The molecule has 0 saturated carbocycles. The molecule has 2 saturated heterocycles. The Kier molecular flexibility index (Phi) is 7.73. The van der Waals surface area contributed by atoms with Gasteiger partial charge in [0, 0.05) is 50.1 Å². The van der Waals surface area contributed by atoms with Gasteiger partial charge in [-0.25, -0.2) is 14.2 Å². The van der Waals surface area contributed by atoms with Gasteiger partial charge in [0.2, 0.25) is 0 Å². The first kappa shape index (κ1) is 26.4. The van der Waals surface area contributed by atoms with E-state index in [-0.39, 0.29) is 5.82 Å². The fourth-order valence-corrected chi connectivity index (χ4v) is 5.69. The Morgan fingerprint density at radius 2 is 1.95 bits per heavy atom. The summed E-state index contributed by atoms with van der Waals surface area (Å²) in [4.78, 5) is 17.7. The van der Waals surface area contributed by atoms with E-state index in [2.05, 4.69) is 26.7 Å². The number of hydrogen-bond donors (Lipinski definition) is 0. The highest BCUT2D eigenvalue weighted by Gasteiger charge is 2.24. The van der Waals surface area contributed by atoms with Crippen LogP contribution in [0.5, 0.6) is 6.01 Å². The van der Waals surface area contributed by atoms with Crippen molar-refractivity contribution in [2.24, 2.45) is 5.92 Å². The standard InChI is InChI=1S/C31H33FN6O2/c1-33-25-8-6-24(7-9-25)29-28(26-10-5-22(18-27(26)32)20-37-14-16-39-17-15-37)30-34-11-13-38(30)31(35-29)40-21-23-4-3-12-36(2)19-23/h5-11,13,18,23H,3-4,12,14-17,19-21H2,2H3/t23-/m1/s1. The molecule has 0 N–H and O–H groups in total. The average Bonchev–Trinajstić information content (AvgIpc) is 3.47. The molecule has 0 spiro atoms. The number of morpholine rings is 1. The second kappa shape index (κ2) is 11.7. The molecule has 8 nitrogen and oxygen atoms in total. The van der Waals surface area contributed by atoms with Crippen LogP contribution in [0.2, 0.25) is 0 Å². The largest absolute Gasteiger partial charge is 0.464 e. The Balaban J connectivity index is 1.40. The number of benzene rings is 2. The summed E-state index contributed by atoms with van der Waals surface area (Å²) in [7, 11) is 2.14. The molecule has 0 radical (unpaired) electrons. The highest BCUT2D eigenvalue weighted by atomic mass is 19.1. The lowest BCUT2D eigenvalue weighted by Gasteiger charge is -2.29. The molecule has 2 aromatic carbocycles. The van der Waals surface area contributed by atoms with Crippen LogP contribution >= 0.6 is 0 Å². The van der Waals surface area contributed by atoms with Crippen molar-refractivity contribution >= 4 is 11.3 Å². The number of likely N-dealkylation sites (tertiary alicyclic amines) is 1. The van der Waals surface area contributed by atoms with Gasteiger partial charge in [-0.1, -0.05) is 36.4 Å². The molecule has 2 fully saturated rings. The van der Waals surface area contributed by atoms with E-state index in [9.17, 15) is 0 Å². The van der Waals surface area contributed by atoms with E-state index in [1.54, 1.807) is 28.8 Å². The van der Waals surface area contributed by atoms with Crippen molar-refractivity contribution in [3.63, 3.8) is 0 Å². The van der Waals surface area contributed by atoms with Gasteiger partial charge in [0.1, 0.15) is 5.82 Å². The van der Waals surface area contributed by atoms with E-state index in [1.807, 2.05) is 30.5 Å². The summed E-state index contributed by atoms with van der Waals surface area (Å²) in [5, 5.41) is 0. The number of hydrogen-bond acceptors (Lipinski definition) is 6. The number of piperidine rings is 1. The molecular formula is C31H33FN6O2. The monoisotopic (exact) mass is 540 g/mol. The van der Waals surface area contributed by atoms with Crippen molar-refractivity contribution in [1.29, 1.82) is 0 Å². The van der Waals surface area contributed by atoms with Crippen LogP contribution in [0, 0.1) is 18.3 Å². The Hall–Kier alpha value is -3.84. The van der Waals surface area contributed by atoms with Crippen LogP contribution in [0.4, 0.5) is 10.1 Å². The maximum Gasteiger partial charge on any atom is 0.302 e. The van der Waals surface area contributed by atoms with Gasteiger partial charge in [0.05, 0.1) is 37.7 Å². The summed E-state index contributed by atoms with van der Waals surface area (Å²) in [5.74, 6) is 0.0899. The molecule has 2 aliphatic heterocycles. The van der Waals surface area contributed by atoms with Crippen LogP contribution in [0.1, 0.15) is 18.4 Å². The van der Waals surface area contributed by atoms with Crippen molar-refractivity contribution in [3.05, 3.63) is 77.7 Å². The molecule has 2 aliphatic rings. The highest BCUT2D eigenvalue weighted by molar-refractivity contribution is 5.90. The van der Waals surface area contributed by atoms with E-state index in [1.165, 1.54) is 0 Å². The van der Waals surface area contributed by atoms with Crippen molar-refractivity contribution in [1.82, 2.24) is 24.2 Å². The third-order valence-electron chi connectivity index (χ3n) is 7.77. The second-order valence-corrected chi connectivity index (χ2v) is 10.7. The molecule has 2 aromatic heterocycles. The van der Waals surface area contributed by atoms with Crippen LogP contribution in [0.25, 0.3) is 32.9 Å². The second-order valence-electron chi connectivity index (χ2n) is 10.7. The topological polar surface area (TPSA) is 59.5 Å². The maximum absolute atomic E-state index is 15.9. The summed E-state index contributed by atoms with van der Waals surface area (Å²) in [5.41, 5.74) is 4.40. The normalized spacial score (nSPS) is 18.6. The summed E-state index contributed by atoms with van der Waals surface area (Å²) in [6.45, 7) is 13.7. The molecule has 6 rings (SSSR count). The van der Waals surface area contributed by atoms with Crippen LogP contribution < -0.4 is 4.74 Å². The number of nitrogens with zero attached hydrogens (tertiary/aromatic N) is 6. The Morgan fingerprint density at radius 3 is 2.70 bits per heavy atom. The molecule has 9 heteroatoms. The highest BCUT2D eigenvalue weighted by Crippen LogP contribution is 2.38. The summed E-state index contributed by atoms with van der Waals surface area (Å²) in [6.07, 6.45) is 5.77. The quantitative estimate of drug-likeness (QED) is 0.296. The van der Waals surface area contributed by atoms with Crippen molar-refractivity contribution in [2.75, 3.05) is 53.0 Å². The molecule has 4 aromatic rings. The minimum atomic E-state index is -0.324. The van der Waals surface area contributed by atoms with Gasteiger partial charge in [-0.15, -0.1) is 0 Å². The summed E-state index contributed by atoms with van der Waals surface area (Å²) in [6, 6.07) is 13.0. The van der Waals surface area contributed by atoms with E-state index < -0.39 is 0 Å². The zero-order valence-electron chi connectivity index (χ0n) is 22.7. The fraction of sp³-hybridized carbons (Fsp3) is 0.387. The zero-order chi connectivity index (χ0) is 27.5. The van der Waals surface area contributed by atoms with Crippen molar-refractivity contribution in [3.8, 4) is 28.4 Å². The molecule has 40 heavy (non-hydrogen) atoms. The summed E-state index contributed by atoms with van der Waals surface area (Å²) < 4.78 is 29.5. The maximum atomic E-state index is 15.9. The molecule has 0 amide bonds. The lowest BCUT2D eigenvalue weighted by molar-refractivity contribution is 0.0341. The predicted molar refractivity (Wildman–Crippen MR) is 152 cm³/mol. The Bertz CT molecular complexity index is 1520. The van der Waals surface area contributed by atoms with E-state index >= 15 is 4.39 Å². The van der Waals surface area contributed by atoms with Gasteiger partial charge in [0.15, 0.2) is 11.3 Å². The van der Waals surface area contributed by atoms with Gasteiger partial charge in [-0.05, 0) is 43.6 Å². The first-order chi connectivity index (χ1) is 19.6. The van der Waals surface area contributed by atoms with Gasteiger partial charge in [-0.2, -0.15) is 4.98 Å². The fourth-order valence-electron chi connectivity index (χ4n) is 5.69. The molecule has 1 atom stereocenters. The van der Waals surface area contributed by atoms with Crippen LogP contribution in [0.3, 0.4) is 0 Å². The zero-order valence-corrected chi connectivity index (χ0v) is 22.7. The van der Waals surface area contributed by atoms with Gasteiger partial charge in [0.25, 0.3) is 0 Å². The smallest absolute Gasteiger partial charge is 0.302 e. The predicted octanol–water partition coefficient (Wildman–Crippen LogP) is 5.31.